The minimum absolute atomic E-state index is 0.0789. The number of fused-ring (bicyclic) bond motifs is 1. The lowest BCUT2D eigenvalue weighted by Gasteiger charge is -2.34. The molecule has 10 heteroatoms. The van der Waals surface area contributed by atoms with Crippen molar-refractivity contribution in [3.63, 3.8) is 0 Å². The van der Waals surface area contributed by atoms with E-state index in [1.54, 1.807) is 15.8 Å². The third-order valence-corrected chi connectivity index (χ3v) is 5.58. The fourth-order valence-corrected chi connectivity index (χ4v) is 4.10. The number of hydrogen-bond acceptors (Lipinski definition) is 5. The van der Waals surface area contributed by atoms with Crippen LogP contribution in [0.1, 0.15) is 43.6 Å². The Morgan fingerprint density at radius 3 is 2.70 bits per heavy atom. The molecule has 4 rings (SSSR count). The van der Waals surface area contributed by atoms with Gasteiger partial charge in [0.05, 0.1) is 43.5 Å². The second-order valence-electron chi connectivity index (χ2n) is 9.52. The number of benzene rings is 1. The summed E-state index contributed by atoms with van der Waals surface area (Å²) < 4.78 is 51.3. The van der Waals surface area contributed by atoms with Crippen LogP contribution in [0.25, 0.3) is 0 Å². The normalized spacial score (nSPS) is 20.0. The summed E-state index contributed by atoms with van der Waals surface area (Å²) in [6, 6.07) is 5.60. The summed E-state index contributed by atoms with van der Waals surface area (Å²) in [5.74, 6) is -5.28. The van der Waals surface area contributed by atoms with E-state index in [1.807, 2.05) is 26.8 Å². The van der Waals surface area contributed by atoms with Gasteiger partial charge in [-0.25, -0.2) is 18.0 Å². The van der Waals surface area contributed by atoms with Crippen molar-refractivity contribution in [2.45, 2.75) is 57.8 Å². The number of rotatable bonds is 3. The Bertz CT molecular complexity index is 1080. The van der Waals surface area contributed by atoms with Gasteiger partial charge in [-0.15, -0.1) is 0 Å². The standard InChI is InChI=1S/C23H28F3N5O2/c1-22(2,3)33-21(32)30-8-9-31-17(13-30)11-16(28-31)12-29-7-6-19(23(25,26)14-29)18-5-4-15(27)10-20(18)24/h4-7,10-11,19H,8-9,12-14,27H2,1-3H3. The minimum Gasteiger partial charge on any atom is -0.444 e. The predicted octanol–water partition coefficient (Wildman–Crippen LogP) is 4.10. The van der Waals surface area contributed by atoms with Crippen molar-refractivity contribution < 1.29 is 22.7 Å². The number of halogens is 3. The first kappa shape index (κ1) is 23.0. The molecule has 0 saturated carbocycles. The van der Waals surface area contributed by atoms with Crippen LogP contribution in [0.5, 0.6) is 0 Å². The van der Waals surface area contributed by atoms with Crippen molar-refractivity contribution in [2.24, 2.45) is 0 Å². The van der Waals surface area contributed by atoms with Crippen LogP contribution in [0.15, 0.2) is 36.5 Å². The highest BCUT2D eigenvalue weighted by atomic mass is 19.3. The van der Waals surface area contributed by atoms with Crippen molar-refractivity contribution >= 4 is 11.8 Å². The van der Waals surface area contributed by atoms with Crippen LogP contribution >= 0.6 is 0 Å². The molecule has 7 nitrogen and oxygen atoms in total. The van der Waals surface area contributed by atoms with Crippen molar-refractivity contribution in [1.29, 1.82) is 0 Å². The number of carbonyl (C=O) groups excluding carboxylic acids is 1. The number of nitrogen functional groups attached to an aromatic ring is 1. The van der Waals surface area contributed by atoms with Crippen LogP contribution < -0.4 is 5.73 Å². The molecule has 2 aliphatic rings. The summed E-state index contributed by atoms with van der Waals surface area (Å²) in [5.41, 5.74) is 6.50. The maximum Gasteiger partial charge on any atom is 0.410 e. The average Bonchev–Trinajstić information content (AvgIpc) is 3.08. The Hall–Kier alpha value is -3.17. The van der Waals surface area contributed by atoms with Gasteiger partial charge < -0.3 is 20.3 Å². The number of amides is 1. The summed E-state index contributed by atoms with van der Waals surface area (Å²) >= 11 is 0. The first-order valence-corrected chi connectivity index (χ1v) is 10.8. The molecule has 0 aliphatic carbocycles. The molecule has 3 heterocycles. The number of nitrogens with zero attached hydrogens (tertiary/aromatic N) is 4. The van der Waals surface area contributed by atoms with E-state index in [0.29, 0.717) is 25.3 Å². The fourth-order valence-electron chi connectivity index (χ4n) is 4.10. The lowest BCUT2D eigenvalue weighted by molar-refractivity contribution is -0.0454. The SMILES string of the molecule is CC(C)(C)OC(=O)N1CCn2nc(CN3C=CC(c4ccc(N)cc4F)C(F)(F)C3)cc2C1. The molecule has 1 unspecified atom stereocenters. The van der Waals surface area contributed by atoms with Crippen molar-refractivity contribution in [2.75, 3.05) is 18.8 Å². The van der Waals surface area contributed by atoms with E-state index < -0.39 is 35.9 Å². The van der Waals surface area contributed by atoms with Gasteiger partial charge in [-0.3, -0.25) is 4.68 Å². The molecule has 2 N–H and O–H groups in total. The van der Waals surface area contributed by atoms with Gasteiger partial charge in [-0.1, -0.05) is 12.1 Å². The highest BCUT2D eigenvalue weighted by Gasteiger charge is 2.44. The molecular formula is C23H28F3N5O2. The van der Waals surface area contributed by atoms with Crippen molar-refractivity contribution in [3.05, 3.63) is 59.3 Å². The molecule has 2 aromatic rings. The Balaban J connectivity index is 1.44. The molecule has 33 heavy (non-hydrogen) atoms. The van der Waals surface area contributed by atoms with E-state index in [0.717, 1.165) is 11.8 Å². The number of alkyl halides is 2. The highest BCUT2D eigenvalue weighted by molar-refractivity contribution is 5.68. The Morgan fingerprint density at radius 2 is 2.03 bits per heavy atom. The number of allylic oxidation sites excluding steroid dienone is 1. The second-order valence-corrected chi connectivity index (χ2v) is 9.52. The van der Waals surface area contributed by atoms with Crippen LogP contribution in [0.4, 0.5) is 23.7 Å². The third-order valence-electron chi connectivity index (χ3n) is 5.58. The van der Waals surface area contributed by atoms with Crippen LogP contribution in [0.2, 0.25) is 0 Å². The van der Waals surface area contributed by atoms with Crippen LogP contribution in [0.3, 0.4) is 0 Å². The summed E-state index contributed by atoms with van der Waals surface area (Å²) in [6.07, 6.45) is 2.48. The highest BCUT2D eigenvalue weighted by Crippen LogP contribution is 2.40. The topological polar surface area (TPSA) is 76.6 Å². The number of ether oxygens (including phenoxy) is 1. The van der Waals surface area contributed by atoms with Crippen LogP contribution in [0, 0.1) is 5.82 Å². The molecule has 2 aliphatic heterocycles. The fraction of sp³-hybridized carbons (Fsp3) is 0.478. The molecule has 1 aromatic heterocycles. The van der Waals surface area contributed by atoms with Gasteiger partial charge >= 0.3 is 6.09 Å². The summed E-state index contributed by atoms with van der Waals surface area (Å²) in [6.45, 7) is 6.34. The van der Waals surface area contributed by atoms with Crippen molar-refractivity contribution in [1.82, 2.24) is 19.6 Å². The van der Waals surface area contributed by atoms with Gasteiger partial charge in [-0.05, 0) is 45.2 Å². The molecule has 0 bridgehead atoms. The molecule has 1 amide bonds. The minimum atomic E-state index is -3.17. The molecule has 0 fully saturated rings. The average molecular weight is 464 g/mol. The van der Waals surface area contributed by atoms with E-state index in [1.165, 1.54) is 23.1 Å². The quantitative estimate of drug-likeness (QED) is 0.694. The number of anilines is 1. The monoisotopic (exact) mass is 463 g/mol. The Morgan fingerprint density at radius 1 is 1.27 bits per heavy atom. The first-order chi connectivity index (χ1) is 15.4. The number of aromatic nitrogens is 2. The molecule has 0 radical (unpaired) electrons. The molecule has 178 valence electrons. The largest absolute Gasteiger partial charge is 0.444 e. The maximum absolute atomic E-state index is 14.9. The van der Waals surface area contributed by atoms with Crippen LogP contribution in [-0.2, 0) is 24.4 Å². The zero-order chi connectivity index (χ0) is 24.0. The van der Waals surface area contributed by atoms with E-state index >= 15 is 0 Å². The molecule has 1 aromatic carbocycles. The smallest absolute Gasteiger partial charge is 0.410 e. The summed E-state index contributed by atoms with van der Waals surface area (Å²) in [5, 5.41) is 4.51. The number of hydrogen-bond donors (Lipinski definition) is 1. The maximum atomic E-state index is 14.9. The lowest BCUT2D eigenvalue weighted by atomic mass is 9.89. The predicted molar refractivity (Wildman–Crippen MR) is 117 cm³/mol. The molecule has 1 atom stereocenters. The Labute approximate surface area is 190 Å². The molecular weight excluding hydrogens is 435 g/mol. The van der Waals surface area contributed by atoms with Gasteiger partial charge in [0.1, 0.15) is 11.4 Å². The number of carbonyl (C=O) groups is 1. The lowest BCUT2D eigenvalue weighted by Crippen LogP contribution is -2.41. The zero-order valence-corrected chi connectivity index (χ0v) is 18.9. The first-order valence-electron chi connectivity index (χ1n) is 10.8. The Kier molecular flexibility index (Phi) is 5.79. The van der Waals surface area contributed by atoms with Crippen LogP contribution in [-0.4, -0.2) is 50.3 Å². The van der Waals surface area contributed by atoms with E-state index in [4.69, 9.17) is 10.5 Å². The summed E-state index contributed by atoms with van der Waals surface area (Å²) in [7, 11) is 0. The van der Waals surface area contributed by atoms with Gasteiger partial charge in [-0.2, -0.15) is 5.10 Å². The second kappa shape index (κ2) is 8.31. The van der Waals surface area contributed by atoms with Gasteiger partial charge in [0.2, 0.25) is 0 Å². The van der Waals surface area contributed by atoms with E-state index in [-0.39, 0.29) is 17.8 Å². The van der Waals surface area contributed by atoms with E-state index in [9.17, 15) is 18.0 Å². The zero-order valence-electron chi connectivity index (χ0n) is 18.9. The van der Waals surface area contributed by atoms with E-state index in [2.05, 4.69) is 5.10 Å². The third kappa shape index (κ3) is 5.09. The molecule has 0 spiro atoms. The summed E-state index contributed by atoms with van der Waals surface area (Å²) in [4.78, 5) is 15.4. The van der Waals surface area contributed by atoms with Gasteiger partial charge in [0.25, 0.3) is 5.92 Å². The van der Waals surface area contributed by atoms with Gasteiger partial charge in [0, 0.05) is 17.8 Å². The van der Waals surface area contributed by atoms with Gasteiger partial charge in [0.15, 0.2) is 0 Å². The number of nitrogens with two attached hydrogens (primary N) is 1. The molecule has 0 saturated heterocycles. The van der Waals surface area contributed by atoms with Crippen molar-refractivity contribution in [3.8, 4) is 0 Å².